The van der Waals surface area contributed by atoms with E-state index < -0.39 is 21.7 Å². The first-order valence-electron chi connectivity index (χ1n) is 6.33. The predicted molar refractivity (Wildman–Crippen MR) is 86.5 cm³/mol. The summed E-state index contributed by atoms with van der Waals surface area (Å²) >= 11 is 2.51. The number of halogens is 1. The molecule has 0 saturated heterocycles. The highest BCUT2D eigenvalue weighted by atomic mass is 32.2. The van der Waals surface area contributed by atoms with Crippen molar-refractivity contribution in [2.75, 3.05) is 17.7 Å². The number of carbonyl (C=O) groups is 1. The second-order valence-corrected chi connectivity index (χ2v) is 6.86. The molecule has 2 N–H and O–H groups in total. The molecular weight excluding hydrogens is 345 g/mol. The lowest BCUT2D eigenvalue weighted by Crippen LogP contribution is -2.22. The maximum atomic E-state index is 13.3. The minimum Gasteiger partial charge on any atom is -0.363 e. The number of nitro groups is 1. The third-order valence-corrected chi connectivity index (χ3v) is 4.80. The molecular formula is C12H12FN5O3S2. The molecule has 0 unspecified atom stereocenters. The van der Waals surface area contributed by atoms with Crippen molar-refractivity contribution in [1.82, 2.24) is 10.2 Å². The number of hydrogen-bond donors (Lipinski definition) is 2. The molecule has 23 heavy (non-hydrogen) atoms. The summed E-state index contributed by atoms with van der Waals surface area (Å²) < 4.78 is 13.9. The molecule has 1 aromatic carbocycles. The smallest absolute Gasteiger partial charge is 0.306 e. The van der Waals surface area contributed by atoms with E-state index in [1.807, 2.05) is 0 Å². The molecule has 0 spiro atoms. The molecule has 122 valence electrons. The van der Waals surface area contributed by atoms with Crippen molar-refractivity contribution in [1.29, 1.82) is 0 Å². The van der Waals surface area contributed by atoms with E-state index in [2.05, 4.69) is 20.8 Å². The van der Waals surface area contributed by atoms with Gasteiger partial charge in [-0.3, -0.25) is 14.9 Å². The number of nitrogens with zero attached hydrogens (tertiary/aromatic N) is 3. The van der Waals surface area contributed by atoms with Gasteiger partial charge in [0.25, 0.3) is 0 Å². The number of aromatic nitrogens is 2. The summed E-state index contributed by atoms with van der Waals surface area (Å²) in [6.07, 6.45) is 0. The summed E-state index contributed by atoms with van der Waals surface area (Å²) in [6, 6.07) is 3.19. The number of hydrogen-bond acceptors (Lipinski definition) is 8. The largest absolute Gasteiger partial charge is 0.363 e. The van der Waals surface area contributed by atoms with Crippen molar-refractivity contribution in [2.45, 2.75) is 16.5 Å². The van der Waals surface area contributed by atoms with Crippen molar-refractivity contribution >= 4 is 45.5 Å². The zero-order valence-corrected chi connectivity index (χ0v) is 13.7. The Kier molecular flexibility index (Phi) is 5.45. The van der Waals surface area contributed by atoms with Crippen molar-refractivity contribution in [2.24, 2.45) is 0 Å². The van der Waals surface area contributed by atoms with Crippen molar-refractivity contribution < 1.29 is 14.1 Å². The van der Waals surface area contributed by atoms with Crippen LogP contribution in [0.2, 0.25) is 0 Å². The minimum absolute atomic E-state index is 0.156. The van der Waals surface area contributed by atoms with Gasteiger partial charge in [-0.1, -0.05) is 23.1 Å². The van der Waals surface area contributed by atoms with Crippen LogP contribution in [-0.4, -0.2) is 33.3 Å². The first-order valence-corrected chi connectivity index (χ1v) is 8.03. The molecule has 1 atom stereocenters. The summed E-state index contributed by atoms with van der Waals surface area (Å²) in [4.78, 5) is 22.0. The number of thioether (sulfide) groups is 1. The molecule has 1 aromatic heterocycles. The van der Waals surface area contributed by atoms with Crippen LogP contribution < -0.4 is 10.6 Å². The molecule has 0 bridgehead atoms. The number of anilines is 2. The Morgan fingerprint density at radius 2 is 2.22 bits per heavy atom. The topological polar surface area (TPSA) is 110 Å². The van der Waals surface area contributed by atoms with Gasteiger partial charge in [-0.2, -0.15) is 4.39 Å². The number of nitrogens with one attached hydrogen (secondary N) is 2. The van der Waals surface area contributed by atoms with Crippen molar-refractivity contribution in [3.05, 3.63) is 34.1 Å². The van der Waals surface area contributed by atoms with Gasteiger partial charge in [0.15, 0.2) is 4.34 Å². The summed E-state index contributed by atoms with van der Waals surface area (Å²) in [5.74, 6) is -1.33. The average Bonchev–Trinajstić information content (AvgIpc) is 2.96. The van der Waals surface area contributed by atoms with Crippen LogP contribution in [0.4, 0.5) is 20.9 Å². The van der Waals surface area contributed by atoms with Crippen LogP contribution in [0, 0.1) is 15.9 Å². The Bertz CT molecular complexity index is 739. The van der Waals surface area contributed by atoms with Gasteiger partial charge in [0.2, 0.25) is 16.9 Å². The summed E-state index contributed by atoms with van der Waals surface area (Å²) in [7, 11) is 1.71. The predicted octanol–water partition coefficient (Wildman–Crippen LogP) is 2.75. The zero-order valence-electron chi connectivity index (χ0n) is 12.1. The number of amides is 1. The standard InChI is InChI=1S/C12H12FN5O3S2/c1-6(22-12-17-16-11(14-2)23-12)10(19)15-7-3-4-8(13)9(5-7)18(20)21/h3-6H,1-2H3,(H,14,16)(H,15,19)/t6-/m0/s1. The fourth-order valence-electron chi connectivity index (χ4n) is 1.54. The summed E-state index contributed by atoms with van der Waals surface area (Å²) in [6.45, 7) is 1.67. The normalized spacial score (nSPS) is 11.8. The van der Waals surface area contributed by atoms with Gasteiger partial charge in [-0.05, 0) is 19.1 Å². The molecule has 0 fully saturated rings. The van der Waals surface area contributed by atoms with E-state index in [0.717, 1.165) is 12.1 Å². The zero-order chi connectivity index (χ0) is 17.0. The van der Waals surface area contributed by atoms with Gasteiger partial charge in [-0.15, -0.1) is 10.2 Å². The number of rotatable bonds is 6. The SMILES string of the molecule is CNc1nnc(S[C@@H](C)C(=O)Nc2ccc(F)c([N+](=O)[O-])c2)s1. The molecule has 0 saturated carbocycles. The lowest BCUT2D eigenvalue weighted by Gasteiger charge is -2.10. The molecule has 11 heteroatoms. The summed E-state index contributed by atoms with van der Waals surface area (Å²) in [5.41, 5.74) is -0.533. The monoisotopic (exact) mass is 357 g/mol. The number of carbonyl (C=O) groups excluding carboxylic acids is 1. The van der Waals surface area contributed by atoms with Crippen molar-refractivity contribution in [3.63, 3.8) is 0 Å². The van der Waals surface area contributed by atoms with E-state index in [4.69, 9.17) is 0 Å². The fourth-order valence-corrected chi connectivity index (χ4v) is 3.39. The van der Waals surface area contributed by atoms with Crippen LogP contribution >= 0.6 is 23.1 Å². The van der Waals surface area contributed by atoms with Gasteiger partial charge in [-0.25, -0.2) is 0 Å². The van der Waals surface area contributed by atoms with Crippen LogP contribution in [0.3, 0.4) is 0 Å². The maximum Gasteiger partial charge on any atom is 0.306 e. The van der Waals surface area contributed by atoms with Gasteiger partial charge >= 0.3 is 5.69 Å². The molecule has 0 aliphatic rings. The highest BCUT2D eigenvalue weighted by molar-refractivity contribution is 8.02. The Morgan fingerprint density at radius 3 is 2.83 bits per heavy atom. The molecule has 0 aliphatic carbocycles. The van der Waals surface area contributed by atoms with Gasteiger partial charge in [0, 0.05) is 18.8 Å². The second kappa shape index (κ2) is 7.33. The van der Waals surface area contributed by atoms with Crippen LogP contribution in [-0.2, 0) is 4.79 Å². The van der Waals surface area contributed by atoms with Gasteiger partial charge in [0.1, 0.15) is 0 Å². The van der Waals surface area contributed by atoms with E-state index in [1.54, 1.807) is 14.0 Å². The molecule has 1 heterocycles. The molecule has 8 nitrogen and oxygen atoms in total. The van der Waals surface area contributed by atoms with E-state index in [0.29, 0.717) is 9.47 Å². The molecule has 0 aliphatic heterocycles. The number of benzene rings is 1. The van der Waals surface area contributed by atoms with Crippen LogP contribution in [0.15, 0.2) is 22.5 Å². The molecule has 2 rings (SSSR count). The van der Waals surface area contributed by atoms with E-state index >= 15 is 0 Å². The number of nitro benzene ring substituents is 1. The first kappa shape index (κ1) is 17.1. The Morgan fingerprint density at radius 1 is 1.48 bits per heavy atom. The van der Waals surface area contributed by atoms with E-state index in [-0.39, 0.29) is 11.6 Å². The maximum absolute atomic E-state index is 13.3. The highest BCUT2D eigenvalue weighted by Gasteiger charge is 2.19. The lowest BCUT2D eigenvalue weighted by atomic mass is 10.2. The van der Waals surface area contributed by atoms with Gasteiger partial charge < -0.3 is 10.6 Å². The van der Waals surface area contributed by atoms with Crippen LogP contribution in [0.25, 0.3) is 0 Å². The third kappa shape index (κ3) is 4.36. The van der Waals surface area contributed by atoms with E-state index in [9.17, 15) is 19.3 Å². The van der Waals surface area contributed by atoms with Gasteiger partial charge in [0.05, 0.1) is 10.2 Å². The first-order chi connectivity index (χ1) is 10.9. The minimum atomic E-state index is -0.955. The molecule has 1 amide bonds. The second-order valence-electron chi connectivity index (χ2n) is 4.30. The molecule has 2 aromatic rings. The fraction of sp³-hybridized carbons (Fsp3) is 0.250. The highest BCUT2D eigenvalue weighted by Crippen LogP contribution is 2.29. The van der Waals surface area contributed by atoms with Crippen LogP contribution in [0.1, 0.15) is 6.92 Å². The summed E-state index contributed by atoms with van der Waals surface area (Å²) in [5, 5.41) is 24.0. The average molecular weight is 357 g/mol. The Balaban J connectivity index is 2.03. The quantitative estimate of drug-likeness (QED) is 0.464. The van der Waals surface area contributed by atoms with Crippen molar-refractivity contribution in [3.8, 4) is 0 Å². The van der Waals surface area contributed by atoms with Crippen LogP contribution in [0.5, 0.6) is 0 Å². The molecule has 0 radical (unpaired) electrons. The van der Waals surface area contributed by atoms with E-state index in [1.165, 1.54) is 29.2 Å². The third-order valence-electron chi connectivity index (χ3n) is 2.68. The Hall–Kier alpha value is -2.27. The Labute approximate surface area is 138 Å². The lowest BCUT2D eigenvalue weighted by molar-refractivity contribution is -0.387.